The van der Waals surface area contributed by atoms with Crippen LogP contribution in [-0.2, 0) is 15.3 Å². The number of carbonyl (C=O) groups is 1. The second kappa shape index (κ2) is 3.71. The van der Waals surface area contributed by atoms with Crippen LogP contribution in [0.3, 0.4) is 0 Å². The zero-order valence-electron chi connectivity index (χ0n) is 10.2. The Morgan fingerprint density at radius 2 is 2.00 bits per heavy atom. The van der Waals surface area contributed by atoms with Gasteiger partial charge in [-0.3, -0.25) is 0 Å². The summed E-state index contributed by atoms with van der Waals surface area (Å²) in [5, 5.41) is 9.12. The van der Waals surface area contributed by atoms with Gasteiger partial charge in [-0.1, -0.05) is 25.4 Å². The van der Waals surface area contributed by atoms with Gasteiger partial charge in [0.25, 0.3) is 0 Å². The third-order valence-electron chi connectivity index (χ3n) is 3.17. The molecule has 0 spiro atoms. The number of aromatic carboxylic acids is 1. The maximum atomic E-state index is 12.1. The van der Waals surface area contributed by atoms with Crippen molar-refractivity contribution in [1.29, 1.82) is 0 Å². The van der Waals surface area contributed by atoms with E-state index in [-0.39, 0.29) is 21.2 Å². The lowest BCUT2D eigenvalue weighted by molar-refractivity contribution is 0.0696. The molecule has 1 aliphatic rings. The van der Waals surface area contributed by atoms with E-state index in [2.05, 4.69) is 0 Å². The lowest BCUT2D eigenvalue weighted by Gasteiger charge is -2.19. The van der Waals surface area contributed by atoms with E-state index in [9.17, 15) is 13.2 Å². The molecule has 6 heteroatoms. The minimum atomic E-state index is -3.39. The van der Waals surface area contributed by atoms with Crippen LogP contribution in [0, 0.1) is 6.92 Å². The Bertz CT molecular complexity index is 659. The van der Waals surface area contributed by atoms with E-state index in [4.69, 9.17) is 16.7 Å². The van der Waals surface area contributed by atoms with Crippen molar-refractivity contribution >= 4 is 27.4 Å². The van der Waals surface area contributed by atoms with Crippen molar-refractivity contribution < 1.29 is 18.3 Å². The highest BCUT2D eigenvalue weighted by atomic mass is 35.5. The van der Waals surface area contributed by atoms with Crippen LogP contribution in [0.2, 0.25) is 5.02 Å². The van der Waals surface area contributed by atoms with Crippen molar-refractivity contribution in [3.63, 3.8) is 0 Å². The topological polar surface area (TPSA) is 71.4 Å². The van der Waals surface area contributed by atoms with E-state index in [1.165, 1.54) is 6.07 Å². The molecule has 1 aliphatic heterocycles. The third-order valence-corrected chi connectivity index (χ3v) is 5.81. The van der Waals surface area contributed by atoms with Crippen molar-refractivity contribution in [1.82, 2.24) is 0 Å². The monoisotopic (exact) mass is 288 g/mol. The Morgan fingerprint density at radius 3 is 2.50 bits per heavy atom. The molecule has 0 fully saturated rings. The molecule has 1 N–H and O–H groups in total. The highest BCUT2D eigenvalue weighted by Gasteiger charge is 2.44. The first-order chi connectivity index (χ1) is 8.08. The summed E-state index contributed by atoms with van der Waals surface area (Å²) in [5.41, 5.74) is 0.165. The van der Waals surface area contributed by atoms with E-state index >= 15 is 0 Å². The van der Waals surface area contributed by atoms with Gasteiger partial charge in [-0.25, -0.2) is 13.2 Å². The van der Waals surface area contributed by atoms with Gasteiger partial charge in [-0.15, -0.1) is 0 Å². The molecule has 0 unspecified atom stereocenters. The molecule has 0 atom stereocenters. The maximum absolute atomic E-state index is 12.1. The molecular weight excluding hydrogens is 276 g/mol. The molecule has 0 aliphatic carbocycles. The maximum Gasteiger partial charge on any atom is 0.337 e. The average Bonchev–Trinajstić information content (AvgIpc) is 2.37. The van der Waals surface area contributed by atoms with Gasteiger partial charge in [-0.2, -0.15) is 0 Å². The van der Waals surface area contributed by atoms with Gasteiger partial charge in [0, 0.05) is 5.41 Å². The zero-order chi connectivity index (χ0) is 13.9. The predicted molar refractivity (Wildman–Crippen MR) is 68.2 cm³/mol. The molecule has 0 radical (unpaired) electrons. The Morgan fingerprint density at radius 1 is 1.44 bits per heavy atom. The summed E-state index contributed by atoms with van der Waals surface area (Å²) in [6, 6.07) is 1.32. The molecule has 1 aromatic carbocycles. The van der Waals surface area contributed by atoms with Crippen LogP contribution in [-0.4, -0.2) is 25.2 Å². The normalized spacial score (nSPS) is 19.6. The van der Waals surface area contributed by atoms with Gasteiger partial charge in [0.1, 0.15) is 0 Å². The minimum Gasteiger partial charge on any atom is -0.478 e. The number of hydrogen-bond donors (Lipinski definition) is 1. The van der Waals surface area contributed by atoms with Gasteiger partial charge < -0.3 is 5.11 Å². The number of carboxylic acids is 1. The van der Waals surface area contributed by atoms with Gasteiger partial charge in [0.15, 0.2) is 9.84 Å². The lowest BCUT2D eigenvalue weighted by atomic mass is 9.85. The number of hydrogen-bond acceptors (Lipinski definition) is 3. The second-order valence-corrected chi connectivity index (χ2v) is 7.51. The van der Waals surface area contributed by atoms with E-state index < -0.39 is 21.2 Å². The third kappa shape index (κ3) is 1.73. The lowest BCUT2D eigenvalue weighted by Crippen LogP contribution is -2.20. The highest BCUT2D eigenvalue weighted by molar-refractivity contribution is 7.91. The van der Waals surface area contributed by atoms with Crippen LogP contribution in [0.25, 0.3) is 0 Å². The second-order valence-electron chi connectivity index (χ2n) is 5.21. The molecule has 18 heavy (non-hydrogen) atoms. The summed E-state index contributed by atoms with van der Waals surface area (Å²) >= 11 is 6.09. The molecule has 1 aromatic rings. The number of rotatable bonds is 1. The van der Waals surface area contributed by atoms with Crippen molar-refractivity contribution in [3.8, 4) is 0 Å². The number of fused-ring (bicyclic) bond motifs is 1. The molecule has 0 saturated heterocycles. The zero-order valence-corrected chi connectivity index (χ0v) is 11.8. The van der Waals surface area contributed by atoms with Crippen LogP contribution >= 0.6 is 11.6 Å². The van der Waals surface area contributed by atoms with Crippen molar-refractivity contribution in [2.45, 2.75) is 31.1 Å². The number of aryl methyl sites for hydroxylation is 1. The van der Waals surface area contributed by atoms with Gasteiger partial charge in [0.2, 0.25) is 0 Å². The standard InChI is InChI=1S/C12H13ClO4S/c1-6-4-7(11(14)15)9(13)8-10(6)18(16,17)5-12(8,2)3/h4H,5H2,1-3H3,(H,14,15). The summed E-state index contributed by atoms with van der Waals surface area (Å²) in [4.78, 5) is 11.3. The number of halogens is 1. The van der Waals surface area contributed by atoms with Gasteiger partial charge in [-0.05, 0) is 24.1 Å². The first-order valence-corrected chi connectivity index (χ1v) is 7.40. The fourth-order valence-corrected chi connectivity index (χ4v) is 5.58. The molecule has 0 aromatic heterocycles. The number of sulfone groups is 1. The molecule has 0 bridgehead atoms. The number of benzene rings is 1. The Labute approximate surface area is 110 Å². The van der Waals surface area contributed by atoms with Crippen molar-refractivity contribution in [2.75, 3.05) is 5.75 Å². The van der Waals surface area contributed by atoms with Gasteiger partial charge >= 0.3 is 5.97 Å². The quantitative estimate of drug-likeness (QED) is 0.861. The number of carboxylic acid groups (broad SMARTS) is 1. The van der Waals surface area contributed by atoms with Crippen LogP contribution in [0.15, 0.2) is 11.0 Å². The fraction of sp³-hybridized carbons (Fsp3) is 0.417. The Balaban J connectivity index is 2.96. The first kappa shape index (κ1) is 13.4. The highest BCUT2D eigenvalue weighted by Crippen LogP contribution is 2.46. The molecule has 98 valence electrons. The summed E-state index contributed by atoms with van der Waals surface area (Å²) < 4.78 is 24.2. The van der Waals surface area contributed by atoms with Crippen LogP contribution in [0.5, 0.6) is 0 Å². The molecule has 4 nitrogen and oxygen atoms in total. The van der Waals surface area contributed by atoms with E-state index in [0.717, 1.165) is 0 Å². The van der Waals surface area contributed by atoms with Crippen LogP contribution < -0.4 is 0 Å². The largest absolute Gasteiger partial charge is 0.478 e. The summed E-state index contributed by atoms with van der Waals surface area (Å²) in [5.74, 6) is -1.19. The Kier molecular flexibility index (Phi) is 2.76. The van der Waals surface area contributed by atoms with E-state index in [0.29, 0.717) is 11.1 Å². The average molecular weight is 289 g/mol. The molecule has 1 heterocycles. The fourth-order valence-electron chi connectivity index (χ4n) is 2.56. The first-order valence-electron chi connectivity index (χ1n) is 5.37. The van der Waals surface area contributed by atoms with Crippen LogP contribution in [0.4, 0.5) is 0 Å². The van der Waals surface area contributed by atoms with Crippen LogP contribution in [0.1, 0.15) is 35.3 Å². The van der Waals surface area contributed by atoms with E-state index in [1.54, 1.807) is 20.8 Å². The van der Waals surface area contributed by atoms with Crippen molar-refractivity contribution in [2.24, 2.45) is 0 Å². The molecular formula is C12H13ClO4S. The summed E-state index contributed by atoms with van der Waals surface area (Å²) in [6.07, 6.45) is 0. The minimum absolute atomic E-state index is 0.0363. The summed E-state index contributed by atoms with van der Waals surface area (Å²) in [7, 11) is -3.39. The molecule has 0 amide bonds. The predicted octanol–water partition coefficient (Wildman–Crippen LogP) is 2.41. The Hall–Kier alpha value is -1.07. The van der Waals surface area contributed by atoms with Gasteiger partial charge in [0.05, 0.1) is 21.2 Å². The summed E-state index contributed by atoms with van der Waals surface area (Å²) in [6.45, 7) is 5.11. The van der Waals surface area contributed by atoms with Crippen molar-refractivity contribution in [3.05, 3.63) is 27.8 Å². The van der Waals surface area contributed by atoms with E-state index in [1.807, 2.05) is 0 Å². The smallest absolute Gasteiger partial charge is 0.337 e. The molecule has 2 rings (SSSR count). The SMILES string of the molecule is Cc1cc(C(=O)O)c(Cl)c2c1S(=O)(=O)CC2(C)C. The molecule has 0 saturated carbocycles.